The molecule has 8 nitrogen and oxygen atoms in total. The highest BCUT2D eigenvalue weighted by Crippen LogP contribution is 2.34. The number of H-pyrrole nitrogens is 1. The van der Waals surface area contributed by atoms with Gasteiger partial charge < -0.3 is 15.0 Å². The number of aromatic nitrogens is 5. The molecule has 3 aromatic heterocycles. The molecule has 4 rings (SSSR count). The lowest BCUT2D eigenvalue weighted by molar-refractivity contribution is 0.153. The Kier molecular flexibility index (Phi) is 2.78. The van der Waals surface area contributed by atoms with Crippen molar-refractivity contribution in [2.75, 3.05) is 13.1 Å². The van der Waals surface area contributed by atoms with E-state index in [0.717, 1.165) is 23.4 Å². The molecule has 1 amide bonds. The van der Waals surface area contributed by atoms with Gasteiger partial charge >= 0.3 is 6.09 Å². The Morgan fingerprint density at radius 3 is 3.09 bits per heavy atom. The summed E-state index contributed by atoms with van der Waals surface area (Å²) in [5, 5.41) is 17.8. The number of carbonyl (C=O) groups is 1. The second-order valence-corrected chi connectivity index (χ2v) is 5.68. The van der Waals surface area contributed by atoms with E-state index in [0.29, 0.717) is 18.7 Å². The fraction of sp³-hybridized carbons (Fsp3) is 0.429. The number of nitrogens with one attached hydrogen (secondary N) is 1. The van der Waals surface area contributed by atoms with Gasteiger partial charge in [0.15, 0.2) is 11.3 Å². The third kappa shape index (κ3) is 1.76. The minimum Gasteiger partial charge on any atom is -0.465 e. The molecule has 0 radical (unpaired) electrons. The molecule has 0 saturated carbocycles. The van der Waals surface area contributed by atoms with Crippen LogP contribution in [0.3, 0.4) is 0 Å². The van der Waals surface area contributed by atoms with Crippen LogP contribution in [0.1, 0.15) is 25.1 Å². The van der Waals surface area contributed by atoms with E-state index in [1.165, 1.54) is 4.90 Å². The fourth-order valence-electron chi connectivity index (χ4n) is 3.37. The average molecular weight is 300 g/mol. The van der Waals surface area contributed by atoms with Crippen molar-refractivity contribution in [3.8, 4) is 0 Å². The molecule has 8 heteroatoms. The van der Waals surface area contributed by atoms with Crippen molar-refractivity contribution in [2.45, 2.75) is 19.3 Å². The van der Waals surface area contributed by atoms with Crippen LogP contribution in [0.15, 0.2) is 18.5 Å². The van der Waals surface area contributed by atoms with Crippen LogP contribution in [0.5, 0.6) is 0 Å². The third-order valence-corrected chi connectivity index (χ3v) is 4.53. The van der Waals surface area contributed by atoms with Gasteiger partial charge in [0.2, 0.25) is 0 Å². The molecule has 0 aliphatic carbocycles. The molecule has 0 aromatic carbocycles. The standard InChI is InChI=1S/C14H16N6O2/c1-2-8-6-19(14(21)22)7-9(8)13-18-17-11-5-16-12-10(20(11)13)3-4-15-12/h3-5,8-9,15H,2,6-7H2,1H3,(H,21,22)/t8-,9+/m0/s1. The summed E-state index contributed by atoms with van der Waals surface area (Å²) in [7, 11) is 0. The zero-order chi connectivity index (χ0) is 15.3. The maximum Gasteiger partial charge on any atom is 0.407 e. The molecule has 1 aliphatic rings. The summed E-state index contributed by atoms with van der Waals surface area (Å²) in [6.45, 7) is 3.09. The maximum atomic E-state index is 11.3. The summed E-state index contributed by atoms with van der Waals surface area (Å²) >= 11 is 0. The van der Waals surface area contributed by atoms with Gasteiger partial charge in [-0.2, -0.15) is 0 Å². The lowest BCUT2D eigenvalue weighted by atomic mass is 9.93. The predicted octanol–water partition coefficient (Wildman–Crippen LogP) is 1.71. The van der Waals surface area contributed by atoms with E-state index < -0.39 is 6.09 Å². The molecule has 1 fully saturated rings. The highest BCUT2D eigenvalue weighted by atomic mass is 16.4. The van der Waals surface area contributed by atoms with Gasteiger partial charge in [-0.25, -0.2) is 9.78 Å². The van der Waals surface area contributed by atoms with Crippen LogP contribution in [0, 0.1) is 5.92 Å². The molecule has 0 unspecified atom stereocenters. The van der Waals surface area contributed by atoms with Gasteiger partial charge in [-0.05, 0) is 12.0 Å². The number of likely N-dealkylation sites (tertiary alicyclic amines) is 1. The van der Waals surface area contributed by atoms with Gasteiger partial charge in [0.25, 0.3) is 0 Å². The van der Waals surface area contributed by atoms with Gasteiger partial charge in [0, 0.05) is 25.2 Å². The van der Waals surface area contributed by atoms with Crippen molar-refractivity contribution >= 4 is 22.9 Å². The number of hydrogen-bond donors (Lipinski definition) is 2. The van der Waals surface area contributed by atoms with Crippen LogP contribution < -0.4 is 0 Å². The van der Waals surface area contributed by atoms with Crippen molar-refractivity contribution < 1.29 is 9.90 Å². The minimum atomic E-state index is -0.872. The number of nitrogens with zero attached hydrogens (tertiary/aromatic N) is 5. The first-order valence-corrected chi connectivity index (χ1v) is 7.34. The van der Waals surface area contributed by atoms with Crippen molar-refractivity contribution in [3.63, 3.8) is 0 Å². The number of hydrogen-bond acceptors (Lipinski definition) is 4. The summed E-state index contributed by atoms with van der Waals surface area (Å²) < 4.78 is 1.98. The summed E-state index contributed by atoms with van der Waals surface area (Å²) in [4.78, 5) is 20.1. The lowest BCUT2D eigenvalue weighted by Crippen LogP contribution is -2.26. The second kappa shape index (κ2) is 4.69. The molecule has 0 bridgehead atoms. The van der Waals surface area contributed by atoms with Gasteiger partial charge in [0.05, 0.1) is 11.7 Å². The van der Waals surface area contributed by atoms with Crippen molar-refractivity contribution in [1.29, 1.82) is 0 Å². The maximum absolute atomic E-state index is 11.3. The normalized spacial score (nSPS) is 22.0. The van der Waals surface area contributed by atoms with Crippen LogP contribution in [0.25, 0.3) is 16.8 Å². The van der Waals surface area contributed by atoms with E-state index in [2.05, 4.69) is 27.1 Å². The largest absolute Gasteiger partial charge is 0.465 e. The molecule has 1 aliphatic heterocycles. The minimum absolute atomic E-state index is 0.0524. The van der Waals surface area contributed by atoms with Gasteiger partial charge in [-0.1, -0.05) is 13.3 Å². The zero-order valence-electron chi connectivity index (χ0n) is 12.1. The molecule has 2 N–H and O–H groups in total. The highest BCUT2D eigenvalue weighted by molar-refractivity contribution is 5.74. The van der Waals surface area contributed by atoms with Crippen molar-refractivity contribution in [1.82, 2.24) is 29.5 Å². The number of aromatic amines is 1. The van der Waals surface area contributed by atoms with Crippen LogP contribution >= 0.6 is 0 Å². The van der Waals surface area contributed by atoms with E-state index in [9.17, 15) is 9.90 Å². The van der Waals surface area contributed by atoms with Crippen molar-refractivity contribution in [3.05, 3.63) is 24.3 Å². The summed E-state index contributed by atoms with van der Waals surface area (Å²) in [5.41, 5.74) is 2.38. The first-order valence-electron chi connectivity index (χ1n) is 7.34. The van der Waals surface area contributed by atoms with E-state index in [1.54, 1.807) is 6.20 Å². The quantitative estimate of drug-likeness (QED) is 0.750. The molecular weight excluding hydrogens is 284 g/mol. The summed E-state index contributed by atoms with van der Waals surface area (Å²) in [6.07, 6.45) is 3.55. The molecule has 4 heterocycles. The third-order valence-electron chi connectivity index (χ3n) is 4.53. The Bertz CT molecular complexity index is 853. The Labute approximate surface area is 125 Å². The number of amides is 1. The van der Waals surface area contributed by atoms with Crippen LogP contribution in [-0.2, 0) is 0 Å². The fourth-order valence-corrected chi connectivity index (χ4v) is 3.37. The zero-order valence-corrected chi connectivity index (χ0v) is 12.1. The molecule has 22 heavy (non-hydrogen) atoms. The first-order chi connectivity index (χ1) is 10.7. The Morgan fingerprint density at radius 2 is 2.32 bits per heavy atom. The highest BCUT2D eigenvalue weighted by Gasteiger charge is 2.38. The predicted molar refractivity (Wildman–Crippen MR) is 78.8 cm³/mol. The Hall–Kier alpha value is -2.64. The Balaban J connectivity index is 1.86. The van der Waals surface area contributed by atoms with E-state index in [1.807, 2.05) is 16.7 Å². The molecule has 1 saturated heterocycles. The average Bonchev–Trinajstić information content (AvgIpc) is 3.22. The number of fused-ring (bicyclic) bond motifs is 3. The Morgan fingerprint density at radius 1 is 1.45 bits per heavy atom. The topological polar surface area (TPSA) is 99.4 Å². The molecule has 2 atom stereocenters. The molecular formula is C14H16N6O2. The smallest absolute Gasteiger partial charge is 0.407 e. The van der Waals surface area contributed by atoms with Crippen LogP contribution in [0.4, 0.5) is 4.79 Å². The second-order valence-electron chi connectivity index (χ2n) is 5.68. The van der Waals surface area contributed by atoms with E-state index in [4.69, 9.17) is 0 Å². The molecule has 3 aromatic rings. The van der Waals surface area contributed by atoms with E-state index in [-0.39, 0.29) is 11.8 Å². The van der Waals surface area contributed by atoms with Gasteiger partial charge in [0.1, 0.15) is 5.82 Å². The summed E-state index contributed by atoms with van der Waals surface area (Å²) in [5.74, 6) is 1.12. The SMILES string of the molecule is CC[C@H]1CN(C(=O)O)C[C@H]1c1nnc2cnc3[nH]ccc3n12. The van der Waals surface area contributed by atoms with E-state index >= 15 is 0 Å². The van der Waals surface area contributed by atoms with Gasteiger partial charge in [-0.3, -0.25) is 4.40 Å². The number of rotatable bonds is 2. The lowest BCUT2D eigenvalue weighted by Gasteiger charge is -2.14. The van der Waals surface area contributed by atoms with Crippen LogP contribution in [0.2, 0.25) is 0 Å². The summed E-state index contributed by atoms with van der Waals surface area (Å²) in [6, 6.07) is 1.94. The molecule has 0 spiro atoms. The van der Waals surface area contributed by atoms with Crippen LogP contribution in [-0.4, -0.2) is 53.8 Å². The number of carboxylic acid groups (broad SMARTS) is 1. The van der Waals surface area contributed by atoms with Gasteiger partial charge in [-0.15, -0.1) is 10.2 Å². The van der Waals surface area contributed by atoms with Crippen molar-refractivity contribution in [2.24, 2.45) is 5.92 Å². The monoisotopic (exact) mass is 300 g/mol. The first kappa shape index (κ1) is 13.1. The molecule has 114 valence electrons.